The van der Waals surface area contributed by atoms with E-state index in [4.69, 9.17) is 15.1 Å². The van der Waals surface area contributed by atoms with Crippen molar-refractivity contribution in [2.75, 3.05) is 0 Å². The van der Waals surface area contributed by atoms with Crippen LogP contribution in [0.4, 0.5) is 0 Å². The van der Waals surface area contributed by atoms with Crippen LogP contribution in [0.1, 0.15) is 18.1 Å². The first kappa shape index (κ1) is 13.1. The third-order valence-corrected chi connectivity index (χ3v) is 3.56. The summed E-state index contributed by atoms with van der Waals surface area (Å²) < 4.78 is 7.35. The van der Waals surface area contributed by atoms with Gasteiger partial charge in [-0.25, -0.2) is 0 Å². The lowest BCUT2D eigenvalue weighted by molar-refractivity contribution is 0.583. The second-order valence-corrected chi connectivity index (χ2v) is 4.91. The molecule has 0 aliphatic heterocycles. The van der Waals surface area contributed by atoms with Gasteiger partial charge in [-0.05, 0) is 32.0 Å². The molecular formula is C16H13N3O2. The first-order chi connectivity index (χ1) is 10.1. The van der Waals surface area contributed by atoms with Crippen molar-refractivity contribution in [3.05, 3.63) is 51.1 Å². The molecule has 0 amide bonds. The Hall–Kier alpha value is -2.87. The normalized spacial score (nSPS) is 10.9. The van der Waals surface area contributed by atoms with Crippen molar-refractivity contribution < 1.29 is 4.42 Å². The smallest absolute Gasteiger partial charge is 0.212 e. The van der Waals surface area contributed by atoms with Crippen LogP contribution in [0.2, 0.25) is 0 Å². The number of aryl methyl sites for hydroxylation is 2. The maximum atomic E-state index is 12.6. The van der Waals surface area contributed by atoms with E-state index in [-0.39, 0.29) is 16.5 Å². The molecule has 21 heavy (non-hydrogen) atoms. The largest absolute Gasteiger partial charge is 0.439 e. The Balaban J connectivity index is 2.64. The molecule has 0 bridgehead atoms. The second kappa shape index (κ2) is 4.60. The Morgan fingerprint density at radius 2 is 2.10 bits per heavy atom. The van der Waals surface area contributed by atoms with Gasteiger partial charge in [0.05, 0.1) is 16.3 Å². The maximum Gasteiger partial charge on any atom is 0.212 e. The number of nitrogens with one attached hydrogen (secondary N) is 1. The molecule has 1 aromatic carbocycles. The first-order valence-corrected chi connectivity index (χ1v) is 6.62. The number of hydrogen-bond donors (Lipinski definition) is 1. The average Bonchev–Trinajstić information content (AvgIpc) is 2.48. The molecule has 2 aromatic heterocycles. The number of benzene rings is 1. The molecule has 1 N–H and O–H groups in total. The van der Waals surface area contributed by atoms with Crippen molar-refractivity contribution in [3.63, 3.8) is 0 Å². The third kappa shape index (κ3) is 1.84. The molecule has 0 atom stereocenters. The van der Waals surface area contributed by atoms with Gasteiger partial charge in [0, 0.05) is 6.54 Å². The summed E-state index contributed by atoms with van der Waals surface area (Å²) in [5, 5.41) is 18.0. The Bertz CT molecular complexity index is 1040. The molecule has 0 aliphatic carbocycles. The third-order valence-electron chi connectivity index (χ3n) is 3.56. The van der Waals surface area contributed by atoms with Gasteiger partial charge >= 0.3 is 0 Å². The lowest BCUT2D eigenvalue weighted by Gasteiger charge is -2.10. The number of hydrogen-bond acceptors (Lipinski definition) is 4. The number of nitriles is 1. The van der Waals surface area contributed by atoms with Crippen LogP contribution >= 0.6 is 0 Å². The first-order valence-electron chi connectivity index (χ1n) is 6.62. The molecule has 2 heterocycles. The molecule has 5 heteroatoms. The van der Waals surface area contributed by atoms with Gasteiger partial charge in [-0.1, -0.05) is 11.6 Å². The predicted octanol–water partition coefficient (Wildman–Crippen LogP) is 2.43. The Morgan fingerprint density at radius 1 is 1.33 bits per heavy atom. The molecule has 104 valence electrons. The van der Waals surface area contributed by atoms with E-state index >= 15 is 0 Å². The van der Waals surface area contributed by atoms with Gasteiger partial charge in [0.1, 0.15) is 17.1 Å². The fourth-order valence-electron chi connectivity index (χ4n) is 2.49. The van der Waals surface area contributed by atoms with Gasteiger partial charge in [0.25, 0.3) is 0 Å². The van der Waals surface area contributed by atoms with Gasteiger partial charge in [0.15, 0.2) is 0 Å². The number of nitrogens with zero attached hydrogens (tertiary/aromatic N) is 2. The topological polar surface area (TPSA) is 82.8 Å². The van der Waals surface area contributed by atoms with Crippen molar-refractivity contribution in [2.24, 2.45) is 0 Å². The van der Waals surface area contributed by atoms with Crippen LogP contribution in [0.25, 0.3) is 22.1 Å². The molecule has 5 nitrogen and oxygen atoms in total. The zero-order chi connectivity index (χ0) is 15.1. The van der Waals surface area contributed by atoms with E-state index in [0.29, 0.717) is 28.6 Å². The second-order valence-electron chi connectivity index (χ2n) is 4.91. The van der Waals surface area contributed by atoms with Crippen molar-refractivity contribution in [1.82, 2.24) is 4.57 Å². The minimum Gasteiger partial charge on any atom is -0.439 e. The summed E-state index contributed by atoms with van der Waals surface area (Å²) in [6, 6.07) is 8.81. The summed E-state index contributed by atoms with van der Waals surface area (Å²) >= 11 is 0. The summed E-state index contributed by atoms with van der Waals surface area (Å²) in [4.78, 5) is 12.6. The van der Waals surface area contributed by atoms with Gasteiger partial charge in [-0.15, -0.1) is 0 Å². The van der Waals surface area contributed by atoms with Crippen molar-refractivity contribution in [1.29, 1.82) is 10.7 Å². The summed E-state index contributed by atoms with van der Waals surface area (Å²) in [6.07, 6.45) is 0. The van der Waals surface area contributed by atoms with Gasteiger partial charge in [0.2, 0.25) is 11.1 Å². The number of pyridine rings is 1. The van der Waals surface area contributed by atoms with Crippen LogP contribution in [-0.2, 0) is 6.54 Å². The van der Waals surface area contributed by atoms with E-state index in [1.165, 1.54) is 10.6 Å². The fraction of sp³-hybridized carbons (Fsp3) is 0.188. The highest BCUT2D eigenvalue weighted by molar-refractivity contribution is 5.89. The quantitative estimate of drug-likeness (QED) is 0.694. The van der Waals surface area contributed by atoms with E-state index in [9.17, 15) is 4.79 Å². The van der Waals surface area contributed by atoms with E-state index < -0.39 is 0 Å². The molecule has 0 spiro atoms. The standard InChI is InChI=1S/C16H13N3O2/c1-3-19-15(18)10(8-17)7-12-14(20)11-6-9(2)4-5-13(11)21-16(12)19/h4-7,18H,3H2,1-2H3. The maximum absolute atomic E-state index is 12.6. The van der Waals surface area contributed by atoms with Gasteiger partial charge in [-0.2, -0.15) is 5.26 Å². The molecule has 0 fully saturated rings. The SMILES string of the molecule is CCn1c(=N)c(C#N)cc2c(=O)c3cc(C)ccc3oc21. The molecule has 0 radical (unpaired) electrons. The molecule has 0 unspecified atom stereocenters. The molecular weight excluding hydrogens is 266 g/mol. The highest BCUT2D eigenvalue weighted by Crippen LogP contribution is 2.19. The summed E-state index contributed by atoms with van der Waals surface area (Å²) in [6.45, 7) is 4.20. The molecule has 3 rings (SSSR count). The van der Waals surface area contributed by atoms with Crippen LogP contribution in [0.15, 0.2) is 33.5 Å². The van der Waals surface area contributed by atoms with E-state index in [2.05, 4.69) is 0 Å². The number of fused-ring (bicyclic) bond motifs is 2. The van der Waals surface area contributed by atoms with Crippen molar-refractivity contribution >= 4 is 22.1 Å². The lowest BCUT2D eigenvalue weighted by atomic mass is 10.1. The zero-order valence-corrected chi connectivity index (χ0v) is 11.7. The van der Waals surface area contributed by atoms with E-state index in [1.54, 1.807) is 12.1 Å². The van der Waals surface area contributed by atoms with E-state index in [1.807, 2.05) is 26.0 Å². The average molecular weight is 279 g/mol. The summed E-state index contributed by atoms with van der Waals surface area (Å²) in [5.74, 6) is 0. The molecule has 0 saturated heterocycles. The number of rotatable bonds is 1. The van der Waals surface area contributed by atoms with Crippen molar-refractivity contribution in [2.45, 2.75) is 20.4 Å². The van der Waals surface area contributed by atoms with Crippen LogP contribution in [0.5, 0.6) is 0 Å². The molecule has 0 saturated carbocycles. The highest BCUT2D eigenvalue weighted by atomic mass is 16.3. The molecule has 0 aliphatic rings. The van der Waals surface area contributed by atoms with Crippen molar-refractivity contribution in [3.8, 4) is 6.07 Å². The Labute approximate surface area is 120 Å². The minimum atomic E-state index is -0.173. The van der Waals surface area contributed by atoms with Crippen LogP contribution in [0, 0.1) is 23.7 Å². The predicted molar refractivity (Wildman–Crippen MR) is 79.0 cm³/mol. The lowest BCUT2D eigenvalue weighted by Crippen LogP contribution is -2.24. The summed E-state index contributed by atoms with van der Waals surface area (Å²) in [5.41, 5.74) is 1.85. The van der Waals surface area contributed by atoms with Crippen LogP contribution in [0.3, 0.4) is 0 Å². The minimum absolute atomic E-state index is 0.0575. The van der Waals surface area contributed by atoms with E-state index in [0.717, 1.165) is 5.56 Å². The Kier molecular flexibility index (Phi) is 2.88. The van der Waals surface area contributed by atoms with Crippen LogP contribution in [-0.4, -0.2) is 4.57 Å². The zero-order valence-electron chi connectivity index (χ0n) is 11.7. The summed E-state index contributed by atoms with van der Waals surface area (Å²) in [7, 11) is 0. The van der Waals surface area contributed by atoms with Gasteiger partial charge in [-0.3, -0.25) is 14.8 Å². The van der Waals surface area contributed by atoms with Crippen LogP contribution < -0.4 is 10.9 Å². The Morgan fingerprint density at radius 3 is 2.76 bits per heavy atom. The highest BCUT2D eigenvalue weighted by Gasteiger charge is 2.13. The number of aromatic nitrogens is 1. The molecule has 3 aromatic rings. The van der Waals surface area contributed by atoms with Gasteiger partial charge < -0.3 is 4.42 Å². The fourth-order valence-corrected chi connectivity index (χ4v) is 2.49. The monoisotopic (exact) mass is 279 g/mol.